The summed E-state index contributed by atoms with van der Waals surface area (Å²) in [5.41, 5.74) is 0. The van der Waals surface area contributed by atoms with Crippen LogP contribution in [0.5, 0.6) is 0 Å². The Kier molecular flexibility index (Phi) is 7.92. The lowest BCUT2D eigenvalue weighted by Crippen LogP contribution is -2.40. The fourth-order valence-corrected chi connectivity index (χ4v) is 1.47. The third-order valence-corrected chi connectivity index (χ3v) is 2.75. The van der Waals surface area contributed by atoms with Gasteiger partial charge in [0, 0.05) is 40.1 Å². The summed E-state index contributed by atoms with van der Waals surface area (Å²) >= 11 is 0. The van der Waals surface area contributed by atoms with Gasteiger partial charge in [0.2, 0.25) is 0 Å². The number of methoxy groups -OCH3 is 1. The van der Waals surface area contributed by atoms with E-state index in [0.717, 1.165) is 13.0 Å². The Morgan fingerprint density at radius 3 is 2.44 bits per heavy atom. The van der Waals surface area contributed by atoms with Gasteiger partial charge in [-0.05, 0) is 6.42 Å². The lowest BCUT2D eigenvalue weighted by atomic mass is 10.4. The molecule has 0 saturated carbocycles. The number of nitrogens with zero attached hydrogens (tertiary/aromatic N) is 1. The topological polar surface area (TPSA) is 79.8 Å². The Labute approximate surface area is 97.4 Å². The highest BCUT2D eigenvalue weighted by atomic mass is 32.2. The summed E-state index contributed by atoms with van der Waals surface area (Å²) in [5.74, 6) is 0.714. The molecule has 0 bridgehead atoms. The minimum atomic E-state index is -2.92. The molecule has 0 unspecified atom stereocenters. The van der Waals surface area contributed by atoms with Crippen LogP contribution in [-0.2, 0) is 14.6 Å². The van der Waals surface area contributed by atoms with Crippen LogP contribution >= 0.6 is 0 Å². The zero-order valence-corrected chi connectivity index (χ0v) is 10.9. The molecule has 0 heterocycles. The van der Waals surface area contributed by atoms with Gasteiger partial charge in [-0.3, -0.25) is 4.99 Å². The van der Waals surface area contributed by atoms with Gasteiger partial charge in [-0.1, -0.05) is 0 Å². The van der Waals surface area contributed by atoms with Gasteiger partial charge in [0.15, 0.2) is 5.96 Å². The van der Waals surface area contributed by atoms with Gasteiger partial charge in [0.1, 0.15) is 9.84 Å². The average Bonchev–Trinajstić information content (AvgIpc) is 2.20. The van der Waals surface area contributed by atoms with Crippen molar-refractivity contribution >= 4 is 15.8 Å². The van der Waals surface area contributed by atoms with E-state index in [1.807, 2.05) is 0 Å². The number of nitrogens with one attached hydrogen (secondary N) is 2. The molecule has 0 aliphatic rings. The number of hydrogen-bond donors (Lipinski definition) is 2. The van der Waals surface area contributed by atoms with Crippen molar-refractivity contribution in [1.29, 1.82) is 0 Å². The van der Waals surface area contributed by atoms with Crippen LogP contribution in [0.3, 0.4) is 0 Å². The van der Waals surface area contributed by atoms with E-state index < -0.39 is 9.84 Å². The third kappa shape index (κ3) is 9.72. The summed E-state index contributed by atoms with van der Waals surface area (Å²) in [6.07, 6.45) is 2.09. The monoisotopic (exact) mass is 251 g/mol. The highest BCUT2D eigenvalue weighted by molar-refractivity contribution is 7.90. The molecule has 6 nitrogen and oxygen atoms in total. The van der Waals surface area contributed by atoms with E-state index in [4.69, 9.17) is 4.74 Å². The van der Waals surface area contributed by atoms with Crippen LogP contribution in [0.15, 0.2) is 4.99 Å². The van der Waals surface area contributed by atoms with Crippen molar-refractivity contribution in [2.45, 2.75) is 6.42 Å². The highest BCUT2D eigenvalue weighted by Crippen LogP contribution is 1.81. The molecule has 0 radical (unpaired) electrons. The largest absolute Gasteiger partial charge is 0.385 e. The van der Waals surface area contributed by atoms with Crippen molar-refractivity contribution in [2.75, 3.05) is 45.9 Å². The van der Waals surface area contributed by atoms with Crippen LogP contribution < -0.4 is 10.6 Å². The molecular formula is C9H21N3O3S. The quantitative estimate of drug-likeness (QED) is 0.353. The van der Waals surface area contributed by atoms with Gasteiger partial charge in [0.25, 0.3) is 0 Å². The summed E-state index contributed by atoms with van der Waals surface area (Å²) in [5, 5.41) is 5.98. The summed E-state index contributed by atoms with van der Waals surface area (Å²) in [6.45, 7) is 1.79. The molecule has 0 saturated heterocycles. The second-order valence-corrected chi connectivity index (χ2v) is 5.66. The minimum Gasteiger partial charge on any atom is -0.385 e. The maximum atomic E-state index is 10.9. The molecule has 0 aromatic carbocycles. The number of guanidine groups is 1. The number of rotatable bonds is 7. The van der Waals surface area contributed by atoms with Crippen LogP contribution in [-0.4, -0.2) is 60.2 Å². The van der Waals surface area contributed by atoms with Gasteiger partial charge in [0.05, 0.1) is 5.75 Å². The lowest BCUT2D eigenvalue weighted by Gasteiger charge is -2.10. The standard InChI is InChI=1S/C9H21N3O3S/c1-10-9(11-5-4-7-15-2)12-6-8-16(3,13)14/h4-8H2,1-3H3,(H2,10,11,12). The van der Waals surface area contributed by atoms with Crippen LogP contribution in [0.25, 0.3) is 0 Å². The minimum absolute atomic E-state index is 0.103. The second kappa shape index (κ2) is 8.35. The summed E-state index contributed by atoms with van der Waals surface area (Å²) in [4.78, 5) is 3.96. The molecule has 0 rings (SSSR count). The van der Waals surface area contributed by atoms with E-state index in [1.165, 1.54) is 6.26 Å². The predicted molar refractivity (Wildman–Crippen MR) is 65.6 cm³/mol. The average molecular weight is 251 g/mol. The van der Waals surface area contributed by atoms with Crippen molar-refractivity contribution in [2.24, 2.45) is 4.99 Å². The zero-order valence-electron chi connectivity index (χ0n) is 10.1. The van der Waals surface area contributed by atoms with Crippen molar-refractivity contribution in [3.05, 3.63) is 0 Å². The second-order valence-electron chi connectivity index (χ2n) is 3.40. The Balaban J connectivity index is 3.69. The number of ether oxygens (including phenoxy) is 1. The van der Waals surface area contributed by atoms with E-state index in [9.17, 15) is 8.42 Å². The van der Waals surface area contributed by atoms with Gasteiger partial charge in [-0.25, -0.2) is 8.42 Å². The number of aliphatic imine (C=N–C) groups is 1. The molecular weight excluding hydrogens is 230 g/mol. The molecule has 2 N–H and O–H groups in total. The van der Waals surface area contributed by atoms with Crippen LogP contribution in [0.4, 0.5) is 0 Å². The molecule has 0 aromatic heterocycles. The zero-order chi connectivity index (χ0) is 12.4. The molecule has 0 aliphatic carbocycles. The molecule has 0 fully saturated rings. The molecule has 7 heteroatoms. The fourth-order valence-electron chi connectivity index (χ4n) is 0.999. The number of hydrogen-bond acceptors (Lipinski definition) is 4. The van der Waals surface area contributed by atoms with Gasteiger partial charge < -0.3 is 15.4 Å². The molecule has 0 amide bonds. The predicted octanol–water partition coefficient (Wildman–Crippen LogP) is -0.767. The Bertz CT molecular complexity index is 301. The molecule has 0 atom stereocenters. The van der Waals surface area contributed by atoms with E-state index in [-0.39, 0.29) is 5.75 Å². The van der Waals surface area contributed by atoms with Gasteiger partial charge in [-0.2, -0.15) is 0 Å². The summed E-state index contributed by atoms with van der Waals surface area (Å²) in [6, 6.07) is 0. The molecule has 0 spiro atoms. The molecule has 0 aliphatic heterocycles. The Morgan fingerprint density at radius 1 is 1.31 bits per heavy atom. The smallest absolute Gasteiger partial charge is 0.191 e. The molecule has 0 aromatic rings. The molecule has 96 valence electrons. The molecule has 16 heavy (non-hydrogen) atoms. The summed E-state index contributed by atoms with van der Waals surface area (Å²) < 4.78 is 26.7. The van der Waals surface area contributed by atoms with E-state index in [2.05, 4.69) is 15.6 Å². The highest BCUT2D eigenvalue weighted by Gasteiger charge is 2.02. The first kappa shape index (κ1) is 15.2. The number of sulfone groups is 1. The first-order valence-corrected chi connectivity index (χ1v) is 7.17. The fraction of sp³-hybridized carbons (Fsp3) is 0.889. The van der Waals surface area contributed by atoms with Crippen LogP contribution in [0, 0.1) is 0 Å². The van der Waals surface area contributed by atoms with Gasteiger partial charge in [-0.15, -0.1) is 0 Å². The first-order valence-electron chi connectivity index (χ1n) is 5.11. The van der Waals surface area contributed by atoms with Crippen molar-refractivity contribution < 1.29 is 13.2 Å². The lowest BCUT2D eigenvalue weighted by molar-refractivity contribution is 0.195. The van der Waals surface area contributed by atoms with E-state index in [1.54, 1.807) is 14.2 Å². The Morgan fingerprint density at radius 2 is 1.94 bits per heavy atom. The van der Waals surface area contributed by atoms with Crippen LogP contribution in [0.2, 0.25) is 0 Å². The SMILES string of the molecule is CN=C(NCCCOC)NCCS(C)(=O)=O. The van der Waals surface area contributed by atoms with E-state index in [0.29, 0.717) is 19.1 Å². The van der Waals surface area contributed by atoms with Crippen molar-refractivity contribution in [3.8, 4) is 0 Å². The normalized spacial score (nSPS) is 12.6. The maximum absolute atomic E-state index is 10.9. The van der Waals surface area contributed by atoms with E-state index >= 15 is 0 Å². The maximum Gasteiger partial charge on any atom is 0.191 e. The third-order valence-electron chi connectivity index (χ3n) is 1.81. The summed E-state index contributed by atoms with van der Waals surface area (Å²) in [7, 11) is 0.374. The Hall–Kier alpha value is -0.820. The van der Waals surface area contributed by atoms with Crippen LogP contribution in [0.1, 0.15) is 6.42 Å². The van der Waals surface area contributed by atoms with Crippen molar-refractivity contribution in [1.82, 2.24) is 10.6 Å². The first-order chi connectivity index (χ1) is 7.49. The van der Waals surface area contributed by atoms with Gasteiger partial charge >= 0.3 is 0 Å². The van der Waals surface area contributed by atoms with Crippen molar-refractivity contribution in [3.63, 3.8) is 0 Å².